The molecule has 1 heterocycles. The normalized spacial score (nSPS) is 19.8. The summed E-state index contributed by atoms with van der Waals surface area (Å²) in [6.07, 6.45) is 4.50. The topological polar surface area (TPSA) is 35.6 Å². The van der Waals surface area contributed by atoms with Crippen LogP contribution < -0.4 is 5.32 Å². The molecule has 0 saturated carbocycles. The number of carbonyl (C=O) groups excluding carboxylic acids is 1. The maximum atomic E-state index is 12.1. The van der Waals surface area contributed by atoms with Crippen molar-refractivity contribution >= 4 is 6.03 Å². The molecule has 1 fully saturated rings. The van der Waals surface area contributed by atoms with E-state index in [0.29, 0.717) is 19.1 Å². The summed E-state index contributed by atoms with van der Waals surface area (Å²) in [4.78, 5) is 16.1. The van der Waals surface area contributed by atoms with E-state index in [9.17, 15) is 4.79 Å². The molecule has 0 radical (unpaired) electrons. The first-order chi connectivity index (χ1) is 8.58. The van der Waals surface area contributed by atoms with Gasteiger partial charge in [-0.2, -0.15) is 0 Å². The van der Waals surface area contributed by atoms with Crippen molar-refractivity contribution in [2.24, 2.45) is 0 Å². The van der Waals surface area contributed by atoms with Crippen LogP contribution in [0.15, 0.2) is 25.3 Å². The molecule has 1 aliphatic rings. The Morgan fingerprint density at radius 2 is 2.06 bits per heavy atom. The molecule has 0 aliphatic carbocycles. The van der Waals surface area contributed by atoms with E-state index in [0.717, 1.165) is 19.5 Å². The Morgan fingerprint density at radius 1 is 1.44 bits per heavy atom. The molecular formula is C14H25N3O. The third-order valence-corrected chi connectivity index (χ3v) is 3.26. The smallest absolute Gasteiger partial charge is 0.318 e. The lowest BCUT2D eigenvalue weighted by atomic mass is 10.2. The molecule has 0 aromatic carbocycles. The first-order valence-electron chi connectivity index (χ1n) is 6.59. The number of carbonyl (C=O) groups is 1. The molecule has 0 spiro atoms. The summed E-state index contributed by atoms with van der Waals surface area (Å²) in [6, 6.07) is 0.784. The van der Waals surface area contributed by atoms with Crippen LogP contribution in [0.4, 0.5) is 4.79 Å². The third kappa shape index (κ3) is 4.18. The van der Waals surface area contributed by atoms with Crippen molar-refractivity contribution in [2.75, 3.05) is 26.2 Å². The lowest BCUT2D eigenvalue weighted by Crippen LogP contribution is -2.46. The zero-order chi connectivity index (χ0) is 13.5. The molecule has 0 bridgehead atoms. The first-order valence-corrected chi connectivity index (χ1v) is 6.59. The highest BCUT2D eigenvalue weighted by molar-refractivity contribution is 5.75. The highest BCUT2D eigenvalue weighted by atomic mass is 16.2. The molecule has 1 saturated heterocycles. The van der Waals surface area contributed by atoms with Gasteiger partial charge in [0.1, 0.15) is 0 Å². The molecule has 2 amide bonds. The lowest BCUT2D eigenvalue weighted by molar-refractivity contribution is 0.202. The minimum atomic E-state index is -0.0228. The van der Waals surface area contributed by atoms with E-state index in [1.807, 2.05) is 0 Å². The van der Waals surface area contributed by atoms with Gasteiger partial charge in [0, 0.05) is 38.3 Å². The van der Waals surface area contributed by atoms with Gasteiger partial charge in [-0.25, -0.2) is 4.79 Å². The molecule has 1 N–H and O–H groups in total. The van der Waals surface area contributed by atoms with E-state index < -0.39 is 0 Å². The van der Waals surface area contributed by atoms with Crippen LogP contribution in [0.2, 0.25) is 0 Å². The van der Waals surface area contributed by atoms with Crippen molar-refractivity contribution in [3.05, 3.63) is 25.3 Å². The van der Waals surface area contributed by atoms with E-state index in [1.54, 1.807) is 17.1 Å². The molecule has 102 valence electrons. The van der Waals surface area contributed by atoms with Gasteiger partial charge in [0.2, 0.25) is 0 Å². The van der Waals surface area contributed by atoms with Gasteiger partial charge in [0.25, 0.3) is 0 Å². The molecule has 1 aliphatic heterocycles. The van der Waals surface area contributed by atoms with Gasteiger partial charge < -0.3 is 10.2 Å². The van der Waals surface area contributed by atoms with Crippen LogP contribution in [0.3, 0.4) is 0 Å². The van der Waals surface area contributed by atoms with Crippen LogP contribution in [-0.4, -0.2) is 54.1 Å². The monoisotopic (exact) mass is 251 g/mol. The van der Waals surface area contributed by atoms with Gasteiger partial charge in [0.05, 0.1) is 0 Å². The van der Waals surface area contributed by atoms with Crippen LogP contribution in [0.25, 0.3) is 0 Å². The number of rotatable bonds is 6. The molecule has 0 aromatic heterocycles. The van der Waals surface area contributed by atoms with Crippen LogP contribution >= 0.6 is 0 Å². The van der Waals surface area contributed by atoms with Gasteiger partial charge in [-0.3, -0.25) is 4.90 Å². The van der Waals surface area contributed by atoms with E-state index in [-0.39, 0.29) is 12.1 Å². The predicted molar refractivity (Wildman–Crippen MR) is 75.6 cm³/mol. The zero-order valence-electron chi connectivity index (χ0n) is 11.6. The summed E-state index contributed by atoms with van der Waals surface area (Å²) in [5, 5.41) is 3.08. The number of nitrogens with one attached hydrogen (secondary N) is 1. The van der Waals surface area contributed by atoms with E-state index >= 15 is 0 Å². The fourth-order valence-corrected chi connectivity index (χ4v) is 2.19. The molecular weight excluding hydrogens is 226 g/mol. The average molecular weight is 251 g/mol. The van der Waals surface area contributed by atoms with Crippen molar-refractivity contribution in [1.29, 1.82) is 0 Å². The number of nitrogens with zero attached hydrogens (tertiary/aromatic N) is 2. The Hall–Kier alpha value is -1.29. The Kier molecular flexibility index (Phi) is 5.92. The SMILES string of the molecule is C=CCN(CC=C)C(=O)NC1CCN(C(C)C)C1. The van der Waals surface area contributed by atoms with Gasteiger partial charge in [-0.1, -0.05) is 12.2 Å². The largest absolute Gasteiger partial charge is 0.334 e. The minimum Gasteiger partial charge on any atom is -0.334 e. The molecule has 18 heavy (non-hydrogen) atoms. The second-order valence-corrected chi connectivity index (χ2v) is 5.01. The fraction of sp³-hybridized carbons (Fsp3) is 0.643. The van der Waals surface area contributed by atoms with Crippen LogP contribution in [-0.2, 0) is 0 Å². The van der Waals surface area contributed by atoms with Crippen LogP contribution in [0.5, 0.6) is 0 Å². The van der Waals surface area contributed by atoms with E-state index in [2.05, 4.69) is 37.2 Å². The second-order valence-electron chi connectivity index (χ2n) is 5.01. The Morgan fingerprint density at radius 3 is 2.50 bits per heavy atom. The Balaban J connectivity index is 2.43. The van der Waals surface area contributed by atoms with Crippen LogP contribution in [0.1, 0.15) is 20.3 Å². The van der Waals surface area contributed by atoms with Crippen molar-refractivity contribution in [2.45, 2.75) is 32.4 Å². The maximum absolute atomic E-state index is 12.1. The number of urea groups is 1. The van der Waals surface area contributed by atoms with Gasteiger partial charge in [0.15, 0.2) is 0 Å². The van der Waals surface area contributed by atoms with Crippen LogP contribution in [0, 0.1) is 0 Å². The van der Waals surface area contributed by atoms with Gasteiger partial charge in [-0.15, -0.1) is 13.2 Å². The highest BCUT2D eigenvalue weighted by Crippen LogP contribution is 2.12. The molecule has 1 atom stereocenters. The maximum Gasteiger partial charge on any atom is 0.318 e. The summed E-state index contributed by atoms with van der Waals surface area (Å²) in [5.74, 6) is 0. The molecule has 1 unspecified atom stereocenters. The summed E-state index contributed by atoms with van der Waals surface area (Å²) in [5.41, 5.74) is 0. The van der Waals surface area contributed by atoms with Crippen molar-refractivity contribution in [3.63, 3.8) is 0 Å². The molecule has 4 heteroatoms. The summed E-state index contributed by atoms with van der Waals surface area (Å²) < 4.78 is 0. The standard InChI is InChI=1S/C14H25N3O/c1-5-8-16(9-6-2)14(18)15-13-7-10-17(11-13)12(3)4/h5-6,12-13H,1-2,7-11H2,3-4H3,(H,15,18). The van der Waals surface area contributed by atoms with Gasteiger partial charge in [-0.05, 0) is 20.3 Å². The zero-order valence-corrected chi connectivity index (χ0v) is 11.6. The van der Waals surface area contributed by atoms with Crippen molar-refractivity contribution in [3.8, 4) is 0 Å². The third-order valence-electron chi connectivity index (χ3n) is 3.26. The molecule has 0 aromatic rings. The number of hydrogen-bond acceptors (Lipinski definition) is 2. The molecule has 4 nitrogen and oxygen atoms in total. The predicted octanol–water partition coefficient (Wildman–Crippen LogP) is 1.85. The molecule has 1 rings (SSSR count). The van der Waals surface area contributed by atoms with Crippen molar-refractivity contribution < 1.29 is 4.79 Å². The summed E-state index contributed by atoms with van der Waals surface area (Å²) in [6.45, 7) is 14.8. The Bertz CT molecular complexity index is 291. The van der Waals surface area contributed by atoms with Crippen molar-refractivity contribution in [1.82, 2.24) is 15.1 Å². The summed E-state index contributed by atoms with van der Waals surface area (Å²) in [7, 11) is 0. The number of likely N-dealkylation sites (tertiary alicyclic amines) is 1. The van der Waals surface area contributed by atoms with E-state index in [1.165, 1.54) is 0 Å². The minimum absolute atomic E-state index is 0.0228. The fourth-order valence-electron chi connectivity index (χ4n) is 2.19. The summed E-state index contributed by atoms with van der Waals surface area (Å²) >= 11 is 0. The first kappa shape index (κ1) is 14.8. The quantitative estimate of drug-likeness (QED) is 0.731. The number of hydrogen-bond donors (Lipinski definition) is 1. The average Bonchev–Trinajstić information content (AvgIpc) is 2.77. The second kappa shape index (κ2) is 7.21. The lowest BCUT2D eigenvalue weighted by Gasteiger charge is -2.24. The van der Waals surface area contributed by atoms with E-state index in [4.69, 9.17) is 0 Å². The number of amides is 2. The van der Waals surface area contributed by atoms with Gasteiger partial charge >= 0.3 is 6.03 Å². The Labute approximate surface area is 110 Å². The highest BCUT2D eigenvalue weighted by Gasteiger charge is 2.26.